The van der Waals surface area contributed by atoms with Gasteiger partial charge in [0.05, 0.1) is 10.0 Å². The Labute approximate surface area is 146 Å². The summed E-state index contributed by atoms with van der Waals surface area (Å²) >= 11 is 6.74. The zero-order chi connectivity index (χ0) is 17.5. The van der Waals surface area contributed by atoms with Gasteiger partial charge in [-0.05, 0) is 24.3 Å². The largest absolute Gasteiger partial charge is 0.366 e. The molecule has 0 aliphatic carbocycles. The second kappa shape index (κ2) is 6.55. The van der Waals surface area contributed by atoms with Crippen molar-refractivity contribution in [3.05, 3.63) is 46.1 Å². The number of nitrogens with zero attached hydrogens (tertiary/aromatic N) is 2. The number of hydrogen-bond acceptors (Lipinski definition) is 4. The van der Waals surface area contributed by atoms with Gasteiger partial charge in [-0.2, -0.15) is 4.31 Å². The zero-order valence-electron chi connectivity index (χ0n) is 12.2. The minimum absolute atomic E-state index is 0.0786. The van der Waals surface area contributed by atoms with Crippen LogP contribution in [-0.2, 0) is 10.0 Å². The lowest BCUT2D eigenvalue weighted by Gasteiger charge is -2.35. The molecule has 0 saturated carbocycles. The first-order chi connectivity index (χ1) is 11.3. The highest BCUT2D eigenvalue weighted by Crippen LogP contribution is 2.30. The molecule has 0 atom stereocenters. The van der Waals surface area contributed by atoms with Crippen molar-refractivity contribution >= 4 is 38.6 Å². The maximum absolute atomic E-state index is 13.8. The quantitative estimate of drug-likeness (QED) is 0.747. The van der Waals surface area contributed by atoms with Crippen LogP contribution in [0.1, 0.15) is 0 Å². The second-order valence-corrected chi connectivity index (χ2v) is 9.02. The molecule has 1 aromatic carbocycles. The Bertz CT molecular complexity index is 865. The van der Waals surface area contributed by atoms with Gasteiger partial charge in [-0.25, -0.2) is 21.6 Å². The SMILES string of the molecule is O=S(=O)(c1ccc(Cl)s1)N1CCN(c2ccc(F)c(F)c2F)CC1. The molecular formula is C14H12ClF3N2O2S2. The molecule has 2 heterocycles. The third kappa shape index (κ3) is 3.13. The molecule has 1 aliphatic rings. The Morgan fingerprint density at radius 2 is 1.62 bits per heavy atom. The van der Waals surface area contributed by atoms with Crippen LogP contribution in [0.15, 0.2) is 28.5 Å². The second-order valence-electron chi connectivity index (χ2n) is 5.14. The van der Waals surface area contributed by atoms with Crippen molar-refractivity contribution in [3.63, 3.8) is 0 Å². The van der Waals surface area contributed by atoms with E-state index in [2.05, 4.69) is 0 Å². The van der Waals surface area contributed by atoms with Gasteiger partial charge in [0.1, 0.15) is 4.21 Å². The van der Waals surface area contributed by atoms with Crippen molar-refractivity contribution in [2.24, 2.45) is 0 Å². The van der Waals surface area contributed by atoms with Crippen molar-refractivity contribution in [1.82, 2.24) is 4.31 Å². The molecule has 1 aromatic heterocycles. The molecule has 10 heteroatoms. The van der Waals surface area contributed by atoms with Crippen LogP contribution < -0.4 is 4.90 Å². The van der Waals surface area contributed by atoms with E-state index in [1.54, 1.807) is 0 Å². The maximum atomic E-state index is 13.8. The predicted molar refractivity (Wildman–Crippen MR) is 86.6 cm³/mol. The minimum atomic E-state index is -3.66. The van der Waals surface area contributed by atoms with Crippen LogP contribution in [0.2, 0.25) is 4.34 Å². The van der Waals surface area contributed by atoms with Crippen molar-refractivity contribution in [3.8, 4) is 0 Å². The molecule has 130 valence electrons. The third-order valence-electron chi connectivity index (χ3n) is 3.74. The standard InChI is InChI=1S/C14H12ClF3N2O2S2/c15-11-3-4-12(23-11)24(21,22)20-7-5-19(6-8-20)10-2-1-9(16)13(17)14(10)18/h1-4H,5-8H2. The van der Waals surface area contributed by atoms with E-state index in [0.29, 0.717) is 4.34 Å². The third-order valence-corrected chi connectivity index (χ3v) is 7.33. The fraction of sp³-hybridized carbons (Fsp3) is 0.286. The molecule has 1 aliphatic heterocycles. The number of benzene rings is 1. The van der Waals surface area contributed by atoms with Crippen molar-refractivity contribution in [2.75, 3.05) is 31.1 Å². The van der Waals surface area contributed by atoms with Gasteiger partial charge in [0, 0.05) is 26.2 Å². The highest BCUT2D eigenvalue weighted by atomic mass is 35.5. The fourth-order valence-electron chi connectivity index (χ4n) is 2.49. The molecule has 4 nitrogen and oxygen atoms in total. The van der Waals surface area contributed by atoms with Crippen LogP contribution in [0, 0.1) is 17.5 Å². The van der Waals surface area contributed by atoms with Crippen molar-refractivity contribution in [2.45, 2.75) is 4.21 Å². The number of thiophene rings is 1. The molecule has 24 heavy (non-hydrogen) atoms. The molecule has 0 N–H and O–H groups in total. The fourth-order valence-corrected chi connectivity index (χ4v) is 5.55. The lowest BCUT2D eigenvalue weighted by atomic mass is 10.2. The minimum Gasteiger partial charge on any atom is -0.366 e. The van der Waals surface area contributed by atoms with Gasteiger partial charge in [0.2, 0.25) is 0 Å². The molecular weight excluding hydrogens is 385 g/mol. The van der Waals surface area contributed by atoms with E-state index in [-0.39, 0.29) is 36.1 Å². The summed E-state index contributed by atoms with van der Waals surface area (Å²) in [5.41, 5.74) is -0.0786. The molecule has 0 bridgehead atoms. The smallest absolute Gasteiger partial charge is 0.252 e. The maximum Gasteiger partial charge on any atom is 0.252 e. The number of anilines is 1. The monoisotopic (exact) mass is 396 g/mol. The van der Waals surface area contributed by atoms with E-state index >= 15 is 0 Å². The first-order valence-electron chi connectivity index (χ1n) is 6.94. The topological polar surface area (TPSA) is 40.6 Å². The summed E-state index contributed by atoms with van der Waals surface area (Å²) in [7, 11) is -3.66. The summed E-state index contributed by atoms with van der Waals surface area (Å²) in [6.07, 6.45) is 0. The van der Waals surface area contributed by atoms with Gasteiger partial charge in [-0.3, -0.25) is 0 Å². The van der Waals surface area contributed by atoms with Crippen LogP contribution in [0.3, 0.4) is 0 Å². The van der Waals surface area contributed by atoms with Gasteiger partial charge in [-0.15, -0.1) is 11.3 Å². The van der Waals surface area contributed by atoms with Gasteiger partial charge < -0.3 is 4.90 Å². The Balaban J connectivity index is 1.76. The van der Waals surface area contributed by atoms with Crippen LogP contribution in [0.5, 0.6) is 0 Å². The molecule has 0 radical (unpaired) electrons. The van der Waals surface area contributed by atoms with Crippen LogP contribution in [0.4, 0.5) is 18.9 Å². The summed E-state index contributed by atoms with van der Waals surface area (Å²) in [5, 5.41) is 0. The molecule has 3 rings (SSSR count). The average molecular weight is 397 g/mol. The molecule has 1 saturated heterocycles. The van der Waals surface area contributed by atoms with E-state index < -0.39 is 27.5 Å². The lowest BCUT2D eigenvalue weighted by Crippen LogP contribution is -2.48. The van der Waals surface area contributed by atoms with Gasteiger partial charge in [0.15, 0.2) is 17.5 Å². The number of rotatable bonds is 3. The van der Waals surface area contributed by atoms with E-state index in [1.165, 1.54) is 21.3 Å². The van der Waals surface area contributed by atoms with Crippen molar-refractivity contribution < 1.29 is 21.6 Å². The van der Waals surface area contributed by atoms with E-state index in [4.69, 9.17) is 11.6 Å². The first kappa shape index (κ1) is 17.5. The summed E-state index contributed by atoms with van der Waals surface area (Å²) in [5.74, 6) is -4.06. The number of sulfonamides is 1. The molecule has 1 fully saturated rings. The van der Waals surface area contributed by atoms with Gasteiger partial charge >= 0.3 is 0 Å². The highest BCUT2D eigenvalue weighted by molar-refractivity contribution is 7.91. The Hall–Kier alpha value is -1.29. The summed E-state index contributed by atoms with van der Waals surface area (Å²) in [4.78, 5) is 1.49. The zero-order valence-corrected chi connectivity index (χ0v) is 14.6. The van der Waals surface area contributed by atoms with Gasteiger partial charge in [-0.1, -0.05) is 11.6 Å². The summed E-state index contributed by atoms with van der Waals surface area (Å²) in [6.45, 7) is 0.549. The average Bonchev–Trinajstić information content (AvgIpc) is 3.00. The van der Waals surface area contributed by atoms with Crippen LogP contribution >= 0.6 is 22.9 Å². The highest BCUT2D eigenvalue weighted by Gasteiger charge is 2.31. The van der Waals surface area contributed by atoms with Crippen molar-refractivity contribution in [1.29, 1.82) is 0 Å². The summed E-state index contributed by atoms with van der Waals surface area (Å²) in [6, 6.07) is 4.94. The Morgan fingerprint density at radius 3 is 2.21 bits per heavy atom. The molecule has 2 aromatic rings. The molecule has 0 spiro atoms. The first-order valence-corrected chi connectivity index (χ1v) is 9.58. The van der Waals surface area contributed by atoms with Gasteiger partial charge in [0.25, 0.3) is 10.0 Å². The van der Waals surface area contributed by atoms with Crippen LogP contribution in [-0.4, -0.2) is 38.9 Å². The van der Waals surface area contributed by atoms with E-state index in [9.17, 15) is 21.6 Å². The summed E-state index contributed by atoms with van der Waals surface area (Å²) < 4.78 is 66.9. The number of halogens is 4. The van der Waals surface area contributed by atoms with Crippen LogP contribution in [0.25, 0.3) is 0 Å². The molecule has 0 unspecified atom stereocenters. The normalized spacial score (nSPS) is 16.6. The Morgan fingerprint density at radius 1 is 0.958 bits per heavy atom. The lowest BCUT2D eigenvalue weighted by molar-refractivity contribution is 0.381. The van der Waals surface area contributed by atoms with E-state index in [0.717, 1.165) is 23.5 Å². The number of piperazine rings is 1. The number of hydrogen-bond donors (Lipinski definition) is 0. The Kier molecular flexibility index (Phi) is 4.78. The molecule has 0 amide bonds. The predicted octanol–water partition coefficient (Wildman–Crippen LogP) is 3.33. The van der Waals surface area contributed by atoms with E-state index in [1.807, 2.05) is 0 Å².